The number of unbranched alkanes of at least 4 members (excludes halogenated alkanes) is 1. The Bertz CT molecular complexity index is 1860. The van der Waals surface area contributed by atoms with E-state index in [1.807, 2.05) is 0 Å². The molecule has 2 rings (SSSR count). The second-order valence-electron chi connectivity index (χ2n) is 15.7. The number of methoxy groups -OCH3 is 1. The zero-order valence-corrected chi connectivity index (χ0v) is 38.0. The maximum Gasteiger partial charge on any atom is 0.352 e. The second kappa shape index (κ2) is 30.7. The zero-order chi connectivity index (χ0) is 49.9. The van der Waals surface area contributed by atoms with E-state index in [0.29, 0.717) is 37.0 Å². The number of benzene rings is 1. The minimum Gasteiger partial charge on any atom is -0.497 e. The molecule has 1 aliphatic heterocycles. The van der Waals surface area contributed by atoms with Gasteiger partial charge in [-0.15, -0.1) is 0 Å². The third kappa shape index (κ3) is 20.8. The van der Waals surface area contributed by atoms with E-state index in [2.05, 4.69) is 36.9 Å². The van der Waals surface area contributed by atoms with Gasteiger partial charge in [-0.2, -0.15) is 0 Å². The number of aliphatic imine (C=N–C) groups is 1. The molecule has 67 heavy (non-hydrogen) atoms. The lowest BCUT2D eigenvalue weighted by Crippen LogP contribution is -2.58. The summed E-state index contributed by atoms with van der Waals surface area (Å²) in [7, 11) is 1.48. The van der Waals surface area contributed by atoms with Crippen LogP contribution in [-0.4, -0.2) is 158 Å². The van der Waals surface area contributed by atoms with Gasteiger partial charge in [-0.05, 0) is 95.1 Å². The maximum atomic E-state index is 14.2. The first kappa shape index (κ1) is 56.7. The largest absolute Gasteiger partial charge is 0.497 e. The van der Waals surface area contributed by atoms with Crippen LogP contribution >= 0.6 is 0 Å². The van der Waals surface area contributed by atoms with Crippen LogP contribution in [0.5, 0.6) is 5.75 Å². The normalized spacial score (nSPS) is 15.7. The van der Waals surface area contributed by atoms with Crippen LogP contribution in [0.3, 0.4) is 0 Å². The number of aliphatic hydroxyl groups is 1. The average Bonchev–Trinajstić information content (AvgIpc) is 3.80. The molecule has 0 spiro atoms. The number of nitrogens with zero attached hydrogens (tertiary/aromatic N) is 2. The predicted molar refractivity (Wildman–Crippen MR) is 246 cm³/mol. The Hall–Kier alpha value is -6.41. The Balaban J connectivity index is 2.32. The number of carbonyl (C=O) groups excluding carboxylic acids is 7. The van der Waals surface area contributed by atoms with Gasteiger partial charge in [0.15, 0.2) is 5.96 Å². The molecule has 0 saturated carbocycles. The molecule has 20 N–H and O–H groups in total. The molecular weight excluding hydrogens is 877 g/mol. The van der Waals surface area contributed by atoms with Crippen LogP contribution in [0.25, 0.3) is 0 Å². The van der Waals surface area contributed by atoms with Crippen LogP contribution in [0.2, 0.25) is 0 Å². The molecule has 1 fully saturated rings. The highest BCUT2D eigenvalue weighted by Crippen LogP contribution is 2.21. The van der Waals surface area contributed by atoms with Gasteiger partial charge in [0.05, 0.1) is 26.2 Å². The molecule has 0 aliphatic carbocycles. The Morgan fingerprint density at radius 3 is 2.07 bits per heavy atom. The van der Waals surface area contributed by atoms with Gasteiger partial charge in [0, 0.05) is 26.1 Å². The summed E-state index contributed by atoms with van der Waals surface area (Å²) in [5.74, 6) is -6.16. The Labute approximate surface area is 389 Å². The van der Waals surface area contributed by atoms with Crippen molar-refractivity contribution in [3.05, 3.63) is 41.6 Å². The molecule has 6 atom stereocenters. The summed E-state index contributed by atoms with van der Waals surface area (Å²) in [5.41, 5.74) is 33.2. The molecule has 25 heteroatoms. The first-order chi connectivity index (χ1) is 32.0. The van der Waals surface area contributed by atoms with E-state index >= 15 is 0 Å². The van der Waals surface area contributed by atoms with E-state index in [1.165, 1.54) is 18.1 Å². The molecule has 374 valence electrons. The molecule has 0 aromatic heterocycles. The van der Waals surface area contributed by atoms with Gasteiger partial charge in [0.1, 0.15) is 41.7 Å². The third-order valence-electron chi connectivity index (χ3n) is 10.5. The van der Waals surface area contributed by atoms with Gasteiger partial charge in [0.25, 0.3) is 0 Å². The van der Waals surface area contributed by atoms with Crippen LogP contribution in [0.4, 0.5) is 0 Å². The molecule has 1 heterocycles. The molecule has 1 aromatic carbocycles. The van der Waals surface area contributed by atoms with Crippen molar-refractivity contribution in [1.29, 1.82) is 0 Å². The topological polar surface area (TPSA) is 430 Å². The Morgan fingerprint density at radius 2 is 1.46 bits per heavy atom. The molecule has 1 aliphatic rings. The SMILES string of the molecule is COc1ccc(C[C@H](NC(=O)[C@@H]2CCCN2C(=O)[C@@H](CCCN)NC(=O)CNC(=O)[C@H](CCN)NC(=O)C[C@@H](O)CN)C(=O)N[C@@H](CCCCN)C(=O)N/C(=C\CCN=C(N)N)C(=O)O)cc1. The van der Waals surface area contributed by atoms with Gasteiger partial charge in [-0.3, -0.25) is 38.6 Å². The number of carboxylic acid groups (broad SMARTS) is 1. The van der Waals surface area contributed by atoms with E-state index in [-0.39, 0.29) is 90.2 Å². The van der Waals surface area contributed by atoms with Crippen LogP contribution < -0.4 is 71.0 Å². The fourth-order valence-corrected chi connectivity index (χ4v) is 6.93. The number of hydrogen-bond donors (Lipinski definition) is 14. The summed E-state index contributed by atoms with van der Waals surface area (Å²) in [6, 6.07) is 0.742. The molecule has 7 amide bonds. The maximum absolute atomic E-state index is 14.2. The number of nitrogens with two attached hydrogens (primary N) is 6. The smallest absolute Gasteiger partial charge is 0.352 e. The first-order valence-corrected chi connectivity index (χ1v) is 22.2. The van der Waals surface area contributed by atoms with Crippen molar-refractivity contribution in [3.63, 3.8) is 0 Å². The number of likely N-dealkylation sites (tertiary alicyclic amines) is 1. The van der Waals surface area contributed by atoms with Crippen LogP contribution in [-0.2, 0) is 44.8 Å². The standard InChI is InChI=1S/C42H70N14O11/c1-67-27-13-11-25(12-14-27)21-32(38(62)53-28(7-2-3-16-43)37(61)54-31(41(65)66)9-5-19-49-42(47)48)55-39(63)33-10-6-20-56(33)40(64)30(8-4-17-44)52-35(59)24-50-36(60)29(15-18-45)51-34(58)22-26(57)23-46/h9,11-14,26,28-30,32-33,57H,2-8,10,15-24,43-46H2,1H3,(H,50,60)(H,51,58)(H,52,59)(H,53,62)(H,54,61)(H,55,63)(H,65,66)(H4,47,48,49)/b31-9-/t26-,28+,29+,30-,32+,33+/m1/s1. The van der Waals surface area contributed by atoms with Crippen molar-refractivity contribution in [2.75, 3.05) is 52.9 Å². The molecule has 0 bridgehead atoms. The van der Waals surface area contributed by atoms with Gasteiger partial charge >= 0.3 is 5.97 Å². The molecule has 25 nitrogen and oxygen atoms in total. The van der Waals surface area contributed by atoms with E-state index in [9.17, 15) is 48.6 Å². The highest BCUT2D eigenvalue weighted by molar-refractivity contribution is 5.98. The number of guanidine groups is 1. The quantitative estimate of drug-likeness (QED) is 0.0143. The molecule has 1 saturated heterocycles. The monoisotopic (exact) mass is 947 g/mol. The third-order valence-corrected chi connectivity index (χ3v) is 10.5. The summed E-state index contributed by atoms with van der Waals surface area (Å²) in [6.07, 6.45) is 1.69. The summed E-state index contributed by atoms with van der Waals surface area (Å²) < 4.78 is 5.26. The number of ether oxygens (including phenoxy) is 1. The summed E-state index contributed by atoms with van der Waals surface area (Å²) >= 11 is 0. The van der Waals surface area contributed by atoms with Gasteiger partial charge < -0.3 is 86.2 Å². The van der Waals surface area contributed by atoms with Crippen molar-refractivity contribution in [2.45, 2.75) is 107 Å². The van der Waals surface area contributed by atoms with Gasteiger partial charge in [0.2, 0.25) is 41.4 Å². The average molecular weight is 947 g/mol. The van der Waals surface area contributed by atoms with Crippen molar-refractivity contribution in [3.8, 4) is 5.75 Å². The number of amides is 7. The summed E-state index contributed by atoms with van der Waals surface area (Å²) in [6.45, 7) is -0.104. The van der Waals surface area contributed by atoms with E-state index in [4.69, 9.17) is 39.1 Å². The highest BCUT2D eigenvalue weighted by atomic mass is 16.5. The zero-order valence-electron chi connectivity index (χ0n) is 38.0. The first-order valence-electron chi connectivity index (χ1n) is 22.2. The summed E-state index contributed by atoms with van der Waals surface area (Å²) in [5, 5.41) is 34.8. The fraction of sp³-hybridized carbons (Fsp3) is 0.595. The van der Waals surface area contributed by atoms with Crippen LogP contribution in [0.15, 0.2) is 41.0 Å². The van der Waals surface area contributed by atoms with Gasteiger partial charge in [-0.25, -0.2) is 4.79 Å². The van der Waals surface area contributed by atoms with Crippen molar-refractivity contribution in [2.24, 2.45) is 39.4 Å². The Kier molecular flexibility index (Phi) is 26.0. The highest BCUT2D eigenvalue weighted by Gasteiger charge is 2.39. The molecule has 1 aromatic rings. The molecular formula is C42H70N14O11. The predicted octanol–water partition coefficient (Wildman–Crippen LogP) is -5.04. The van der Waals surface area contributed by atoms with Gasteiger partial charge in [-0.1, -0.05) is 18.2 Å². The number of carboxylic acids is 1. The Morgan fingerprint density at radius 1 is 0.806 bits per heavy atom. The lowest BCUT2D eigenvalue weighted by Gasteiger charge is -2.30. The van der Waals surface area contributed by atoms with E-state index in [0.717, 1.165) is 0 Å². The van der Waals surface area contributed by atoms with Crippen molar-refractivity contribution in [1.82, 2.24) is 36.8 Å². The molecule has 0 unspecified atom stereocenters. The minimum absolute atomic E-state index is 0.0155. The van der Waals surface area contributed by atoms with Crippen molar-refractivity contribution < 1.29 is 53.3 Å². The number of hydrogen-bond acceptors (Lipinski definition) is 15. The van der Waals surface area contributed by atoms with Crippen molar-refractivity contribution >= 4 is 53.3 Å². The lowest BCUT2D eigenvalue weighted by atomic mass is 10.0. The fourth-order valence-electron chi connectivity index (χ4n) is 6.93. The van der Waals surface area contributed by atoms with E-state index < -0.39 is 95.9 Å². The summed E-state index contributed by atoms with van der Waals surface area (Å²) in [4.78, 5) is 112. The number of nitrogens with one attached hydrogen (secondary N) is 6. The van der Waals surface area contributed by atoms with Crippen LogP contribution in [0.1, 0.15) is 69.8 Å². The number of aliphatic carboxylic acids is 1. The van der Waals surface area contributed by atoms with E-state index in [1.54, 1.807) is 24.3 Å². The number of carbonyl (C=O) groups is 8. The minimum atomic E-state index is -1.45. The second-order valence-corrected chi connectivity index (χ2v) is 15.7. The molecule has 0 radical (unpaired) electrons. The number of aliphatic hydroxyl groups excluding tert-OH is 1. The number of rotatable bonds is 31. The lowest BCUT2D eigenvalue weighted by molar-refractivity contribution is -0.142. The van der Waals surface area contributed by atoms with Crippen LogP contribution in [0, 0.1) is 0 Å².